The van der Waals surface area contributed by atoms with Crippen molar-refractivity contribution in [2.45, 2.75) is 33.7 Å². The Hall–Kier alpha value is -2.77. The van der Waals surface area contributed by atoms with Gasteiger partial charge in [0.15, 0.2) is 5.82 Å². The quantitative estimate of drug-likeness (QED) is 0.697. The first-order valence-electron chi connectivity index (χ1n) is 7.85. The van der Waals surface area contributed by atoms with Crippen molar-refractivity contribution in [1.29, 1.82) is 0 Å². The zero-order valence-electron chi connectivity index (χ0n) is 14.4. The van der Waals surface area contributed by atoms with Gasteiger partial charge in [-0.1, -0.05) is 0 Å². The highest BCUT2D eigenvalue weighted by molar-refractivity contribution is 5.77. The second kappa shape index (κ2) is 6.38. The number of fused-ring (bicyclic) bond motifs is 1. The van der Waals surface area contributed by atoms with Crippen LogP contribution in [0.2, 0.25) is 0 Å². The second-order valence-corrected chi connectivity index (χ2v) is 5.94. The van der Waals surface area contributed by atoms with E-state index in [0.29, 0.717) is 24.7 Å². The summed E-state index contributed by atoms with van der Waals surface area (Å²) in [7, 11) is 1.79. The van der Waals surface area contributed by atoms with Crippen LogP contribution in [0.5, 0.6) is 0 Å². The number of amides is 1. The zero-order chi connectivity index (χ0) is 17.3. The molecule has 0 N–H and O–H groups in total. The normalized spacial score (nSPS) is 11.2. The van der Waals surface area contributed by atoms with E-state index in [4.69, 9.17) is 0 Å². The Morgan fingerprint density at radius 2 is 2.04 bits per heavy atom. The van der Waals surface area contributed by atoms with Crippen LogP contribution in [0.4, 0.5) is 0 Å². The van der Waals surface area contributed by atoms with E-state index >= 15 is 0 Å². The number of imidazole rings is 1. The Morgan fingerprint density at radius 3 is 2.75 bits per heavy atom. The summed E-state index contributed by atoms with van der Waals surface area (Å²) >= 11 is 0. The molecule has 8 heteroatoms. The average Bonchev–Trinajstić information content (AvgIpc) is 3.10. The van der Waals surface area contributed by atoms with E-state index in [1.807, 2.05) is 37.6 Å². The van der Waals surface area contributed by atoms with Crippen molar-refractivity contribution in [1.82, 2.24) is 34.0 Å². The topological polar surface area (TPSA) is 81.2 Å². The largest absolute Gasteiger partial charge is 0.344 e. The van der Waals surface area contributed by atoms with Gasteiger partial charge in [-0.25, -0.2) is 14.5 Å². The van der Waals surface area contributed by atoms with Crippen LogP contribution in [0, 0.1) is 20.8 Å². The van der Waals surface area contributed by atoms with Gasteiger partial charge in [0, 0.05) is 43.9 Å². The molecule has 126 valence electrons. The summed E-state index contributed by atoms with van der Waals surface area (Å²) in [5.41, 5.74) is 1.84. The molecule has 3 aromatic heterocycles. The van der Waals surface area contributed by atoms with Gasteiger partial charge in [-0.15, -0.1) is 5.10 Å². The Kier molecular flexibility index (Phi) is 4.28. The van der Waals surface area contributed by atoms with Crippen molar-refractivity contribution in [3.05, 3.63) is 41.5 Å². The minimum atomic E-state index is -0.0157. The van der Waals surface area contributed by atoms with Crippen molar-refractivity contribution in [2.75, 3.05) is 13.6 Å². The SMILES string of the molecule is Cc1cc(C)n2nc(CC(=O)N(C)CCn3ccnc3C)nc2n1. The molecule has 0 aromatic carbocycles. The van der Waals surface area contributed by atoms with E-state index in [2.05, 4.69) is 20.1 Å². The van der Waals surface area contributed by atoms with Gasteiger partial charge in [0.1, 0.15) is 5.82 Å². The Labute approximate surface area is 140 Å². The van der Waals surface area contributed by atoms with Crippen molar-refractivity contribution < 1.29 is 4.79 Å². The number of carbonyl (C=O) groups is 1. The number of rotatable bonds is 5. The molecule has 3 aromatic rings. The molecule has 0 aliphatic rings. The van der Waals surface area contributed by atoms with E-state index in [9.17, 15) is 4.79 Å². The first kappa shape index (κ1) is 16.1. The first-order valence-corrected chi connectivity index (χ1v) is 7.85. The summed E-state index contributed by atoms with van der Waals surface area (Å²) in [4.78, 5) is 26.9. The minimum absolute atomic E-state index is 0.0157. The molecule has 0 radical (unpaired) electrons. The van der Waals surface area contributed by atoms with Crippen LogP contribution in [-0.4, -0.2) is 53.5 Å². The predicted octanol–water partition coefficient (Wildman–Crippen LogP) is 0.947. The van der Waals surface area contributed by atoms with E-state index in [1.165, 1.54) is 0 Å². The first-order chi connectivity index (χ1) is 11.4. The Balaban J connectivity index is 1.65. The van der Waals surface area contributed by atoms with E-state index in [0.717, 1.165) is 17.2 Å². The number of hydrogen-bond acceptors (Lipinski definition) is 5. The predicted molar refractivity (Wildman–Crippen MR) is 88.6 cm³/mol. The fourth-order valence-corrected chi connectivity index (χ4v) is 2.58. The smallest absolute Gasteiger partial charge is 0.252 e. The summed E-state index contributed by atoms with van der Waals surface area (Å²) in [6.45, 7) is 7.13. The van der Waals surface area contributed by atoms with Crippen LogP contribution in [0.15, 0.2) is 18.5 Å². The summed E-state index contributed by atoms with van der Waals surface area (Å²) in [5, 5.41) is 4.38. The lowest BCUT2D eigenvalue weighted by molar-refractivity contribution is -0.129. The molecular weight excluding hydrogens is 306 g/mol. The molecule has 0 atom stereocenters. The summed E-state index contributed by atoms with van der Waals surface area (Å²) in [6, 6.07) is 1.94. The van der Waals surface area contributed by atoms with E-state index in [1.54, 1.807) is 22.7 Å². The van der Waals surface area contributed by atoms with Crippen molar-refractivity contribution in [3.8, 4) is 0 Å². The molecule has 24 heavy (non-hydrogen) atoms. The molecule has 8 nitrogen and oxygen atoms in total. The highest BCUT2D eigenvalue weighted by Crippen LogP contribution is 2.06. The number of aromatic nitrogens is 6. The molecule has 0 unspecified atom stereocenters. The van der Waals surface area contributed by atoms with Crippen LogP contribution in [0.3, 0.4) is 0 Å². The summed E-state index contributed by atoms with van der Waals surface area (Å²) < 4.78 is 3.69. The fraction of sp³-hybridized carbons (Fsp3) is 0.438. The zero-order valence-corrected chi connectivity index (χ0v) is 14.4. The Bertz CT molecular complexity index is 880. The second-order valence-electron chi connectivity index (χ2n) is 5.94. The van der Waals surface area contributed by atoms with Gasteiger partial charge in [-0.05, 0) is 26.8 Å². The van der Waals surface area contributed by atoms with Gasteiger partial charge >= 0.3 is 0 Å². The van der Waals surface area contributed by atoms with Crippen LogP contribution in [-0.2, 0) is 17.8 Å². The molecule has 0 spiro atoms. The molecule has 1 amide bonds. The number of likely N-dealkylation sites (N-methyl/N-ethyl adjacent to an activating group) is 1. The lowest BCUT2D eigenvalue weighted by Crippen LogP contribution is -2.31. The highest BCUT2D eigenvalue weighted by atomic mass is 16.2. The lowest BCUT2D eigenvalue weighted by Gasteiger charge is -2.17. The molecule has 3 heterocycles. The van der Waals surface area contributed by atoms with Crippen molar-refractivity contribution >= 4 is 11.7 Å². The number of aryl methyl sites for hydroxylation is 3. The molecule has 0 fully saturated rings. The van der Waals surface area contributed by atoms with Gasteiger partial charge in [0.2, 0.25) is 5.91 Å². The number of carbonyl (C=O) groups excluding carboxylic acids is 1. The molecule has 3 rings (SSSR count). The maximum atomic E-state index is 12.4. The Morgan fingerprint density at radius 1 is 1.25 bits per heavy atom. The minimum Gasteiger partial charge on any atom is -0.344 e. The van der Waals surface area contributed by atoms with Crippen LogP contribution in [0.25, 0.3) is 5.78 Å². The van der Waals surface area contributed by atoms with Crippen LogP contribution < -0.4 is 0 Å². The molecule has 0 saturated heterocycles. The van der Waals surface area contributed by atoms with Gasteiger partial charge in [0.25, 0.3) is 5.78 Å². The molecule has 0 aliphatic carbocycles. The summed E-state index contributed by atoms with van der Waals surface area (Å²) in [5.74, 6) is 1.95. The molecular formula is C16H21N7O. The van der Waals surface area contributed by atoms with Gasteiger partial charge < -0.3 is 9.47 Å². The maximum absolute atomic E-state index is 12.4. The van der Waals surface area contributed by atoms with Crippen LogP contribution in [0.1, 0.15) is 23.0 Å². The third-order valence-electron chi connectivity index (χ3n) is 4.00. The average molecular weight is 327 g/mol. The fourth-order valence-electron chi connectivity index (χ4n) is 2.58. The highest BCUT2D eigenvalue weighted by Gasteiger charge is 2.15. The number of hydrogen-bond donors (Lipinski definition) is 0. The van der Waals surface area contributed by atoms with Gasteiger partial charge in [-0.3, -0.25) is 4.79 Å². The van der Waals surface area contributed by atoms with Gasteiger partial charge in [0.05, 0.1) is 6.42 Å². The molecule has 0 saturated carbocycles. The lowest BCUT2D eigenvalue weighted by atomic mass is 10.3. The maximum Gasteiger partial charge on any atom is 0.252 e. The molecule has 0 bridgehead atoms. The van der Waals surface area contributed by atoms with Gasteiger partial charge in [-0.2, -0.15) is 4.98 Å². The number of nitrogens with zero attached hydrogens (tertiary/aromatic N) is 7. The van der Waals surface area contributed by atoms with E-state index < -0.39 is 0 Å². The van der Waals surface area contributed by atoms with E-state index in [-0.39, 0.29) is 12.3 Å². The standard InChI is InChI=1S/C16H21N7O/c1-11-9-12(2)23-16(18-11)19-14(20-23)10-15(24)21(4)7-8-22-6-5-17-13(22)3/h5-6,9H,7-8,10H2,1-4H3. The third kappa shape index (κ3) is 3.27. The summed E-state index contributed by atoms with van der Waals surface area (Å²) in [6.07, 6.45) is 3.84. The monoisotopic (exact) mass is 327 g/mol. The third-order valence-corrected chi connectivity index (χ3v) is 4.00. The van der Waals surface area contributed by atoms with Crippen LogP contribution >= 0.6 is 0 Å². The van der Waals surface area contributed by atoms with Crippen molar-refractivity contribution in [3.63, 3.8) is 0 Å². The molecule has 0 aliphatic heterocycles. The van der Waals surface area contributed by atoms with Crippen molar-refractivity contribution in [2.24, 2.45) is 0 Å².